The van der Waals surface area contributed by atoms with Gasteiger partial charge in [-0.25, -0.2) is 0 Å². The van der Waals surface area contributed by atoms with Gasteiger partial charge in [-0.15, -0.1) is 0 Å². The van der Waals surface area contributed by atoms with Crippen molar-refractivity contribution in [2.45, 2.75) is 25.3 Å². The summed E-state index contributed by atoms with van der Waals surface area (Å²) in [5, 5.41) is 3.97. The number of amides is 2. The third kappa shape index (κ3) is 2.37. The Morgan fingerprint density at radius 3 is 3.00 bits per heavy atom. The molecule has 0 bridgehead atoms. The standard InChI is InChI=1S/C10H15N3O2S/c1-13-8(14)4-3-7(9(13)15)12-10-11-5-2-6-16-10/h7H,2-6H2,1H3,(H,11,12). The molecular weight excluding hydrogens is 226 g/mol. The van der Waals surface area contributed by atoms with E-state index < -0.39 is 0 Å². The van der Waals surface area contributed by atoms with Gasteiger partial charge in [0, 0.05) is 25.8 Å². The van der Waals surface area contributed by atoms with Crippen LogP contribution in [0.5, 0.6) is 0 Å². The molecule has 0 aliphatic carbocycles. The molecule has 0 saturated carbocycles. The molecule has 0 spiro atoms. The van der Waals surface area contributed by atoms with E-state index in [4.69, 9.17) is 0 Å². The van der Waals surface area contributed by atoms with E-state index in [2.05, 4.69) is 10.3 Å². The highest BCUT2D eigenvalue weighted by Crippen LogP contribution is 2.15. The van der Waals surface area contributed by atoms with Crippen LogP contribution in [0.15, 0.2) is 4.99 Å². The quantitative estimate of drug-likeness (QED) is 0.667. The highest BCUT2D eigenvalue weighted by Gasteiger charge is 2.32. The smallest absolute Gasteiger partial charge is 0.251 e. The van der Waals surface area contributed by atoms with Crippen LogP contribution in [0.3, 0.4) is 0 Å². The van der Waals surface area contributed by atoms with Gasteiger partial charge in [-0.3, -0.25) is 19.5 Å². The number of hydrogen-bond donors (Lipinski definition) is 1. The van der Waals surface area contributed by atoms with Gasteiger partial charge in [-0.1, -0.05) is 11.8 Å². The van der Waals surface area contributed by atoms with E-state index in [1.54, 1.807) is 11.8 Å². The Kier molecular flexibility index (Phi) is 3.48. The number of hydrogen-bond acceptors (Lipinski definition) is 5. The fraction of sp³-hybridized carbons (Fsp3) is 0.700. The van der Waals surface area contributed by atoms with E-state index in [0.717, 1.165) is 23.9 Å². The summed E-state index contributed by atoms with van der Waals surface area (Å²) in [5.74, 6) is 0.799. The topological polar surface area (TPSA) is 61.8 Å². The van der Waals surface area contributed by atoms with Crippen molar-refractivity contribution in [3.8, 4) is 0 Å². The van der Waals surface area contributed by atoms with Gasteiger partial charge in [0.1, 0.15) is 6.04 Å². The summed E-state index contributed by atoms with van der Waals surface area (Å²) in [6, 6.07) is -0.285. The van der Waals surface area contributed by atoms with Crippen molar-refractivity contribution >= 4 is 28.7 Å². The summed E-state index contributed by atoms with van der Waals surface area (Å²) < 4.78 is 0. The molecule has 16 heavy (non-hydrogen) atoms. The zero-order valence-electron chi connectivity index (χ0n) is 9.23. The van der Waals surface area contributed by atoms with Gasteiger partial charge >= 0.3 is 0 Å². The van der Waals surface area contributed by atoms with Crippen molar-refractivity contribution < 1.29 is 9.59 Å². The molecule has 6 heteroatoms. The zero-order valence-corrected chi connectivity index (χ0v) is 10.0. The first-order valence-electron chi connectivity index (χ1n) is 5.42. The minimum atomic E-state index is -0.285. The normalized spacial score (nSPS) is 26.7. The summed E-state index contributed by atoms with van der Waals surface area (Å²) >= 11 is 1.64. The van der Waals surface area contributed by atoms with Crippen molar-refractivity contribution in [1.82, 2.24) is 10.2 Å². The molecule has 5 nitrogen and oxygen atoms in total. The molecule has 2 heterocycles. The lowest BCUT2D eigenvalue weighted by Gasteiger charge is -2.29. The molecule has 1 fully saturated rings. The number of thioether (sulfide) groups is 1. The predicted octanol–water partition coefficient (Wildman–Crippen LogP) is 0.216. The number of likely N-dealkylation sites (tertiary alicyclic amines) is 1. The lowest BCUT2D eigenvalue weighted by Crippen LogP contribution is -2.52. The maximum atomic E-state index is 11.8. The van der Waals surface area contributed by atoms with Gasteiger partial charge in [0.25, 0.3) is 5.91 Å². The first-order chi connectivity index (χ1) is 7.68. The van der Waals surface area contributed by atoms with Gasteiger partial charge in [-0.05, 0) is 12.8 Å². The van der Waals surface area contributed by atoms with Crippen LogP contribution in [0.4, 0.5) is 0 Å². The first kappa shape index (κ1) is 11.4. The van der Waals surface area contributed by atoms with Crippen molar-refractivity contribution in [3.05, 3.63) is 0 Å². The zero-order chi connectivity index (χ0) is 11.5. The molecular formula is C10H15N3O2S. The molecule has 88 valence electrons. The Labute approximate surface area is 98.7 Å². The summed E-state index contributed by atoms with van der Waals surface area (Å²) in [6.45, 7) is 0.824. The van der Waals surface area contributed by atoms with E-state index in [9.17, 15) is 9.59 Å². The van der Waals surface area contributed by atoms with Gasteiger partial charge < -0.3 is 5.32 Å². The number of nitrogens with zero attached hydrogens (tertiary/aromatic N) is 2. The van der Waals surface area contributed by atoms with Gasteiger partial charge in [0.05, 0.1) is 0 Å². The van der Waals surface area contributed by atoms with E-state index in [0.29, 0.717) is 12.8 Å². The number of imide groups is 1. The van der Waals surface area contributed by atoms with E-state index in [1.807, 2.05) is 0 Å². The molecule has 2 aliphatic heterocycles. The number of carbonyl (C=O) groups excluding carboxylic acids is 2. The largest absolute Gasteiger partial charge is 0.353 e. The van der Waals surface area contributed by atoms with Crippen LogP contribution in [0.2, 0.25) is 0 Å². The minimum Gasteiger partial charge on any atom is -0.353 e. The SMILES string of the molecule is CN1C(=O)CCC(NC2=NCCCS2)C1=O. The van der Waals surface area contributed by atoms with Crippen LogP contribution in [-0.4, -0.2) is 47.3 Å². The Morgan fingerprint density at radius 2 is 2.31 bits per heavy atom. The Bertz CT molecular complexity index is 343. The second-order valence-electron chi connectivity index (χ2n) is 3.92. The van der Waals surface area contributed by atoms with Crippen LogP contribution in [0.1, 0.15) is 19.3 Å². The maximum absolute atomic E-state index is 11.8. The van der Waals surface area contributed by atoms with Crippen LogP contribution < -0.4 is 5.32 Å². The first-order valence-corrected chi connectivity index (χ1v) is 6.41. The van der Waals surface area contributed by atoms with Crippen LogP contribution >= 0.6 is 11.8 Å². The highest BCUT2D eigenvalue weighted by molar-refractivity contribution is 8.13. The summed E-state index contributed by atoms with van der Waals surface area (Å²) in [6.07, 6.45) is 2.09. The van der Waals surface area contributed by atoms with Crippen molar-refractivity contribution in [2.75, 3.05) is 19.3 Å². The molecule has 0 radical (unpaired) electrons. The van der Waals surface area contributed by atoms with E-state index in [-0.39, 0.29) is 17.9 Å². The molecule has 0 aromatic heterocycles. The summed E-state index contributed by atoms with van der Waals surface area (Å²) in [7, 11) is 1.54. The molecule has 0 aromatic carbocycles. The average Bonchev–Trinajstić information content (AvgIpc) is 2.31. The number of aliphatic imine (C=N–C) groups is 1. The Morgan fingerprint density at radius 1 is 1.50 bits per heavy atom. The second kappa shape index (κ2) is 4.86. The number of carbonyl (C=O) groups is 2. The number of nitrogens with one attached hydrogen (secondary N) is 1. The lowest BCUT2D eigenvalue weighted by molar-refractivity contribution is -0.147. The van der Waals surface area contributed by atoms with Gasteiger partial charge in [-0.2, -0.15) is 0 Å². The molecule has 0 aromatic rings. The summed E-state index contributed by atoms with van der Waals surface area (Å²) in [5.41, 5.74) is 0. The second-order valence-corrected chi connectivity index (χ2v) is 5.00. The van der Waals surface area contributed by atoms with Crippen LogP contribution in [0, 0.1) is 0 Å². The Balaban J connectivity index is 1.97. The highest BCUT2D eigenvalue weighted by atomic mass is 32.2. The molecule has 2 rings (SSSR count). The monoisotopic (exact) mass is 241 g/mol. The van der Waals surface area contributed by atoms with Crippen molar-refractivity contribution in [3.63, 3.8) is 0 Å². The van der Waals surface area contributed by atoms with E-state index in [1.165, 1.54) is 11.9 Å². The van der Waals surface area contributed by atoms with Crippen LogP contribution in [-0.2, 0) is 9.59 Å². The number of likely N-dealkylation sites (N-methyl/N-ethyl adjacent to an activating group) is 1. The van der Waals surface area contributed by atoms with E-state index >= 15 is 0 Å². The molecule has 1 atom stereocenters. The minimum absolute atomic E-state index is 0.0960. The Hall–Kier alpha value is -1.04. The molecule has 1 N–H and O–H groups in total. The third-order valence-corrected chi connectivity index (χ3v) is 3.76. The predicted molar refractivity (Wildman–Crippen MR) is 63.3 cm³/mol. The van der Waals surface area contributed by atoms with Crippen LogP contribution in [0.25, 0.3) is 0 Å². The van der Waals surface area contributed by atoms with Crippen molar-refractivity contribution in [1.29, 1.82) is 0 Å². The number of piperidine rings is 1. The lowest BCUT2D eigenvalue weighted by atomic mass is 10.1. The van der Waals surface area contributed by atoms with Crippen molar-refractivity contribution in [2.24, 2.45) is 4.99 Å². The fourth-order valence-electron chi connectivity index (χ4n) is 1.75. The molecule has 2 aliphatic rings. The van der Waals surface area contributed by atoms with Gasteiger partial charge in [0.2, 0.25) is 5.91 Å². The number of amidine groups is 1. The summed E-state index contributed by atoms with van der Waals surface area (Å²) in [4.78, 5) is 28.6. The molecule has 1 saturated heterocycles. The fourth-order valence-corrected chi connectivity index (χ4v) is 2.62. The maximum Gasteiger partial charge on any atom is 0.251 e. The third-order valence-electron chi connectivity index (χ3n) is 2.74. The van der Waals surface area contributed by atoms with Gasteiger partial charge in [0.15, 0.2) is 5.17 Å². The number of rotatable bonds is 1. The average molecular weight is 241 g/mol. The molecule has 1 unspecified atom stereocenters. The molecule has 2 amide bonds.